The molecule has 1 saturated heterocycles. The van der Waals surface area contributed by atoms with Gasteiger partial charge in [-0.05, 0) is 18.0 Å². The largest absolute Gasteiger partial charge is 0.480 e. The van der Waals surface area contributed by atoms with E-state index in [1.54, 1.807) is 0 Å². The van der Waals surface area contributed by atoms with Gasteiger partial charge in [0.1, 0.15) is 12.4 Å². The van der Waals surface area contributed by atoms with Crippen LogP contribution in [0.4, 0.5) is 0 Å². The molecule has 0 aliphatic carbocycles. The lowest BCUT2D eigenvalue weighted by molar-refractivity contribution is -0.148. The lowest BCUT2D eigenvalue weighted by atomic mass is 10.1. The van der Waals surface area contributed by atoms with Gasteiger partial charge in [-0.2, -0.15) is 0 Å². The van der Waals surface area contributed by atoms with Gasteiger partial charge in [0, 0.05) is 19.4 Å². The van der Waals surface area contributed by atoms with Crippen LogP contribution in [0.25, 0.3) is 0 Å². The molecule has 2 rings (SSSR count). The minimum absolute atomic E-state index is 0.109. The van der Waals surface area contributed by atoms with Crippen molar-refractivity contribution in [1.82, 2.24) is 20.5 Å². The average molecular weight is 333 g/mol. The number of H-pyrrole nitrogens is 1. The molecule has 22 heavy (non-hydrogen) atoms. The Labute approximate surface area is 131 Å². The summed E-state index contributed by atoms with van der Waals surface area (Å²) in [6, 6.07) is -0.362. The first-order valence-electron chi connectivity index (χ1n) is 6.82. The van der Waals surface area contributed by atoms with Crippen LogP contribution in [0.15, 0.2) is 0 Å². The number of rotatable bonds is 7. The first kappa shape index (κ1) is 16.7. The van der Waals surface area contributed by atoms with Gasteiger partial charge in [-0.15, -0.1) is 5.10 Å². The van der Waals surface area contributed by atoms with Gasteiger partial charge in [0.05, 0.1) is 18.8 Å². The van der Waals surface area contributed by atoms with E-state index < -0.39 is 12.6 Å². The second-order valence-electron chi connectivity index (χ2n) is 4.83. The summed E-state index contributed by atoms with van der Waals surface area (Å²) in [5, 5.41) is 17.8. The molecule has 1 aromatic heterocycles. The van der Waals surface area contributed by atoms with E-state index in [0.29, 0.717) is 31.9 Å². The summed E-state index contributed by atoms with van der Waals surface area (Å²) in [6.07, 6.45) is 0.747. The highest BCUT2D eigenvalue weighted by molar-refractivity contribution is 6.28. The van der Waals surface area contributed by atoms with Gasteiger partial charge in [0.15, 0.2) is 0 Å². The van der Waals surface area contributed by atoms with Crippen LogP contribution in [0, 0.1) is 0 Å². The van der Waals surface area contributed by atoms with E-state index >= 15 is 0 Å². The predicted molar refractivity (Wildman–Crippen MR) is 74.5 cm³/mol. The maximum Gasteiger partial charge on any atom is 0.329 e. The Morgan fingerprint density at radius 3 is 3.05 bits per heavy atom. The topological polar surface area (TPSA) is 126 Å². The highest BCUT2D eigenvalue weighted by atomic mass is 35.5. The van der Waals surface area contributed by atoms with Crippen molar-refractivity contribution in [3.05, 3.63) is 11.1 Å². The zero-order valence-electron chi connectivity index (χ0n) is 11.7. The van der Waals surface area contributed by atoms with Crippen LogP contribution >= 0.6 is 11.6 Å². The molecule has 1 aliphatic rings. The van der Waals surface area contributed by atoms with Crippen molar-refractivity contribution in [1.29, 1.82) is 0 Å². The number of hydrogen-bond acceptors (Lipinski definition) is 6. The number of carbonyl (C=O) groups excluding carboxylic acids is 1. The molecular formula is C12H17ClN4O5. The molecule has 0 aromatic carbocycles. The van der Waals surface area contributed by atoms with E-state index in [2.05, 4.69) is 20.5 Å². The molecule has 0 spiro atoms. The number of ether oxygens (including phenoxy) is 2. The second kappa shape index (κ2) is 8.06. The summed E-state index contributed by atoms with van der Waals surface area (Å²) < 4.78 is 10.6. The number of aliphatic carboxylic acids is 1. The van der Waals surface area contributed by atoms with Crippen LogP contribution in [0.2, 0.25) is 5.28 Å². The first-order chi connectivity index (χ1) is 10.5. The molecule has 1 aliphatic heterocycles. The number of aromatic nitrogens is 3. The quantitative estimate of drug-likeness (QED) is 0.629. The number of carboxylic acid groups (broad SMARTS) is 1. The highest BCUT2D eigenvalue weighted by Gasteiger charge is 2.28. The number of amides is 1. The molecule has 1 amide bonds. The Morgan fingerprint density at radius 1 is 1.55 bits per heavy atom. The van der Waals surface area contributed by atoms with Gasteiger partial charge in [-0.1, -0.05) is 0 Å². The lowest BCUT2D eigenvalue weighted by Gasteiger charge is -2.31. The number of nitrogens with zero attached hydrogens (tertiary/aromatic N) is 2. The second-order valence-corrected chi connectivity index (χ2v) is 5.17. The molecule has 0 bridgehead atoms. The Kier molecular flexibility index (Phi) is 6.10. The molecule has 1 fully saturated rings. The third kappa shape index (κ3) is 5.24. The van der Waals surface area contributed by atoms with Gasteiger partial charge in [-0.3, -0.25) is 9.89 Å². The Bertz CT molecular complexity index is 523. The number of aromatic amines is 1. The van der Waals surface area contributed by atoms with Crippen LogP contribution in [0.5, 0.6) is 0 Å². The van der Waals surface area contributed by atoms with E-state index in [1.165, 1.54) is 0 Å². The predicted octanol–water partition coefficient (Wildman–Crippen LogP) is -0.234. The molecule has 10 heteroatoms. The van der Waals surface area contributed by atoms with Crippen molar-refractivity contribution >= 4 is 23.5 Å². The average Bonchev–Trinajstić information content (AvgIpc) is 2.90. The summed E-state index contributed by atoms with van der Waals surface area (Å²) in [4.78, 5) is 26.4. The smallest absolute Gasteiger partial charge is 0.329 e. The summed E-state index contributed by atoms with van der Waals surface area (Å²) in [7, 11) is 0. The Hall–Kier alpha value is -1.71. The van der Waals surface area contributed by atoms with Crippen LogP contribution in [-0.2, 0) is 25.5 Å². The van der Waals surface area contributed by atoms with Crippen molar-refractivity contribution in [3.8, 4) is 0 Å². The molecule has 2 atom stereocenters. The minimum Gasteiger partial charge on any atom is -0.480 e. The molecule has 122 valence electrons. The summed E-state index contributed by atoms with van der Waals surface area (Å²) in [5.74, 6) is -0.718. The lowest BCUT2D eigenvalue weighted by Crippen LogP contribution is -2.51. The molecule has 2 heterocycles. The van der Waals surface area contributed by atoms with Gasteiger partial charge in [-0.25, -0.2) is 9.78 Å². The van der Waals surface area contributed by atoms with Gasteiger partial charge >= 0.3 is 5.97 Å². The Morgan fingerprint density at radius 2 is 2.36 bits per heavy atom. The number of carboxylic acids is 1. The van der Waals surface area contributed by atoms with Crippen LogP contribution in [-0.4, -0.2) is 64.1 Å². The molecule has 3 N–H and O–H groups in total. The summed E-state index contributed by atoms with van der Waals surface area (Å²) in [5.41, 5.74) is 0. The summed E-state index contributed by atoms with van der Waals surface area (Å²) >= 11 is 5.58. The normalized spacial score (nSPS) is 21.5. The number of aryl methyl sites for hydroxylation is 1. The molecular weight excluding hydrogens is 316 g/mol. The number of halogens is 1. The third-order valence-electron chi connectivity index (χ3n) is 3.15. The monoisotopic (exact) mass is 332 g/mol. The number of nitrogens with one attached hydrogen (secondary N) is 2. The van der Waals surface area contributed by atoms with Crippen molar-refractivity contribution in [2.75, 3.05) is 19.8 Å². The Balaban J connectivity index is 1.78. The molecule has 9 nitrogen and oxygen atoms in total. The van der Waals surface area contributed by atoms with Gasteiger partial charge < -0.3 is 19.9 Å². The van der Waals surface area contributed by atoms with E-state index in [-0.39, 0.29) is 29.8 Å². The van der Waals surface area contributed by atoms with Gasteiger partial charge in [0.25, 0.3) is 0 Å². The molecule has 0 radical (unpaired) electrons. The van der Waals surface area contributed by atoms with Crippen LogP contribution < -0.4 is 5.32 Å². The van der Waals surface area contributed by atoms with Crippen LogP contribution in [0.1, 0.15) is 18.7 Å². The minimum atomic E-state index is -1.04. The maximum atomic E-state index is 11.9. The van der Waals surface area contributed by atoms with E-state index in [1.807, 2.05) is 0 Å². The zero-order chi connectivity index (χ0) is 15.9. The fraction of sp³-hybridized carbons (Fsp3) is 0.667. The molecule has 0 unspecified atom stereocenters. The SMILES string of the molecule is O=C(O)CO[C@H]1CCOC[C@H]1NC(=O)CCc1nc(Cl)n[nH]1. The van der Waals surface area contributed by atoms with Crippen molar-refractivity contribution < 1.29 is 24.2 Å². The summed E-state index contributed by atoms with van der Waals surface area (Å²) in [6.45, 7) is 0.380. The van der Waals surface area contributed by atoms with Crippen molar-refractivity contribution in [2.45, 2.75) is 31.4 Å². The standard InChI is InChI=1S/C12H17ClN4O5/c13-12-15-9(16-17-12)1-2-10(18)14-7-5-21-4-3-8(7)22-6-11(19)20/h7-8H,1-6H2,(H,14,18)(H,19,20)(H,15,16,17)/t7-,8+/m1/s1. The number of carbonyl (C=O) groups is 2. The van der Waals surface area contributed by atoms with E-state index in [4.69, 9.17) is 26.2 Å². The fourth-order valence-electron chi connectivity index (χ4n) is 2.13. The molecule has 0 saturated carbocycles. The van der Waals surface area contributed by atoms with Crippen molar-refractivity contribution in [3.63, 3.8) is 0 Å². The van der Waals surface area contributed by atoms with E-state index in [9.17, 15) is 9.59 Å². The van der Waals surface area contributed by atoms with E-state index in [0.717, 1.165) is 0 Å². The highest BCUT2D eigenvalue weighted by Crippen LogP contribution is 2.12. The third-order valence-corrected chi connectivity index (χ3v) is 3.32. The number of hydrogen-bond donors (Lipinski definition) is 3. The van der Waals surface area contributed by atoms with Gasteiger partial charge in [0.2, 0.25) is 11.2 Å². The maximum absolute atomic E-state index is 11.9. The van der Waals surface area contributed by atoms with Crippen molar-refractivity contribution in [2.24, 2.45) is 0 Å². The zero-order valence-corrected chi connectivity index (χ0v) is 12.5. The van der Waals surface area contributed by atoms with Crippen LogP contribution in [0.3, 0.4) is 0 Å². The fourth-order valence-corrected chi connectivity index (χ4v) is 2.27. The first-order valence-corrected chi connectivity index (χ1v) is 7.19. The molecule has 1 aromatic rings.